The van der Waals surface area contributed by atoms with E-state index in [-0.39, 0.29) is 0 Å². The highest BCUT2D eigenvalue weighted by atomic mass is 32.1. The smallest absolute Gasteiger partial charge is 0.141 e. The highest BCUT2D eigenvalue weighted by Crippen LogP contribution is 2.40. The van der Waals surface area contributed by atoms with Crippen molar-refractivity contribution in [1.29, 1.82) is 0 Å². The van der Waals surface area contributed by atoms with Crippen LogP contribution in [0, 0.1) is 0 Å². The molecule has 132 valence electrons. The summed E-state index contributed by atoms with van der Waals surface area (Å²) < 4.78 is 5.55. The van der Waals surface area contributed by atoms with Crippen LogP contribution in [0.15, 0.2) is 22.8 Å². The van der Waals surface area contributed by atoms with Crippen molar-refractivity contribution >= 4 is 27.4 Å². The van der Waals surface area contributed by atoms with E-state index in [1.54, 1.807) is 6.26 Å². The zero-order valence-corrected chi connectivity index (χ0v) is 16.0. The first-order valence-electron chi connectivity index (χ1n) is 9.23. The van der Waals surface area contributed by atoms with Crippen molar-refractivity contribution in [3.63, 3.8) is 0 Å². The first-order valence-corrected chi connectivity index (χ1v) is 10.0. The van der Waals surface area contributed by atoms with Crippen LogP contribution < -0.4 is 4.90 Å². The summed E-state index contributed by atoms with van der Waals surface area (Å²) in [6, 6.07) is 3.96. The molecule has 25 heavy (non-hydrogen) atoms. The van der Waals surface area contributed by atoms with Gasteiger partial charge in [-0.3, -0.25) is 0 Å². The van der Waals surface area contributed by atoms with E-state index in [1.165, 1.54) is 39.9 Å². The van der Waals surface area contributed by atoms with Crippen molar-refractivity contribution in [3.05, 3.63) is 40.4 Å². The normalized spacial score (nSPS) is 15.3. The van der Waals surface area contributed by atoms with Crippen molar-refractivity contribution in [1.82, 2.24) is 9.97 Å². The first-order chi connectivity index (χ1) is 12.2. The molecule has 4 rings (SSSR count). The molecule has 0 amide bonds. The van der Waals surface area contributed by atoms with E-state index < -0.39 is 0 Å². The van der Waals surface area contributed by atoms with Gasteiger partial charge in [0, 0.05) is 17.8 Å². The third-order valence-corrected chi connectivity index (χ3v) is 6.39. The maximum atomic E-state index is 5.55. The van der Waals surface area contributed by atoms with Crippen LogP contribution in [0.25, 0.3) is 10.2 Å². The summed E-state index contributed by atoms with van der Waals surface area (Å²) in [5.74, 6) is 3.37. The van der Waals surface area contributed by atoms with Gasteiger partial charge in [-0.25, -0.2) is 9.97 Å². The van der Waals surface area contributed by atoms with Crippen LogP contribution in [0.1, 0.15) is 61.1 Å². The minimum atomic E-state index is 0.374. The van der Waals surface area contributed by atoms with Crippen molar-refractivity contribution in [2.45, 2.75) is 58.4 Å². The number of fused-ring (bicyclic) bond motifs is 3. The number of anilines is 1. The molecule has 4 nitrogen and oxygen atoms in total. The molecule has 0 aliphatic heterocycles. The molecular formula is C20H25N3OS. The molecular weight excluding hydrogens is 330 g/mol. The molecule has 0 spiro atoms. The molecule has 0 N–H and O–H groups in total. The van der Waals surface area contributed by atoms with Crippen LogP contribution in [0.2, 0.25) is 0 Å². The number of thiophene rings is 1. The average molecular weight is 356 g/mol. The Morgan fingerprint density at radius 1 is 1.28 bits per heavy atom. The third-order valence-electron chi connectivity index (χ3n) is 5.20. The van der Waals surface area contributed by atoms with Crippen molar-refractivity contribution < 1.29 is 4.42 Å². The van der Waals surface area contributed by atoms with E-state index in [2.05, 4.69) is 25.8 Å². The van der Waals surface area contributed by atoms with Gasteiger partial charge in [0.1, 0.15) is 22.2 Å². The van der Waals surface area contributed by atoms with Crippen molar-refractivity contribution in [3.8, 4) is 0 Å². The molecule has 5 heteroatoms. The number of hydrogen-bond acceptors (Lipinski definition) is 5. The van der Waals surface area contributed by atoms with Gasteiger partial charge in [-0.1, -0.05) is 13.8 Å². The lowest BCUT2D eigenvalue weighted by Crippen LogP contribution is -2.19. The minimum Gasteiger partial charge on any atom is -0.467 e. The third kappa shape index (κ3) is 3.06. The molecule has 3 aromatic heterocycles. The molecule has 0 bridgehead atoms. The van der Waals surface area contributed by atoms with Crippen LogP contribution in [0.4, 0.5) is 5.82 Å². The Morgan fingerprint density at radius 2 is 2.12 bits per heavy atom. The fourth-order valence-electron chi connectivity index (χ4n) is 3.54. The maximum absolute atomic E-state index is 5.55. The summed E-state index contributed by atoms with van der Waals surface area (Å²) in [7, 11) is 2.11. The highest BCUT2D eigenvalue weighted by Gasteiger charge is 2.24. The molecule has 1 aliphatic rings. The summed E-state index contributed by atoms with van der Waals surface area (Å²) in [5, 5.41) is 1.28. The van der Waals surface area contributed by atoms with Gasteiger partial charge in [0.05, 0.1) is 18.2 Å². The molecule has 0 radical (unpaired) electrons. The monoisotopic (exact) mass is 355 g/mol. The van der Waals surface area contributed by atoms with Crippen LogP contribution >= 0.6 is 11.3 Å². The SMILES string of the molecule is CCC(C)c1nc(N(C)Cc2ccco2)c2c3c(sc2n1)CCCC3. The van der Waals surface area contributed by atoms with Gasteiger partial charge in [0.15, 0.2) is 0 Å². The van der Waals surface area contributed by atoms with Gasteiger partial charge in [0.25, 0.3) is 0 Å². The molecule has 3 heterocycles. The molecule has 0 aromatic carbocycles. The van der Waals surface area contributed by atoms with E-state index in [9.17, 15) is 0 Å². The Kier molecular flexibility index (Phi) is 4.50. The predicted octanol–water partition coefficient (Wildman–Crippen LogP) is 5.31. The van der Waals surface area contributed by atoms with Crippen LogP contribution in [0.5, 0.6) is 0 Å². The summed E-state index contributed by atoms with van der Waals surface area (Å²) in [6.45, 7) is 5.14. The van der Waals surface area contributed by atoms with E-state index in [4.69, 9.17) is 14.4 Å². The molecule has 1 unspecified atom stereocenters. The zero-order chi connectivity index (χ0) is 17.4. The second kappa shape index (κ2) is 6.79. The van der Waals surface area contributed by atoms with E-state index in [0.717, 1.165) is 36.8 Å². The van der Waals surface area contributed by atoms with Gasteiger partial charge in [0.2, 0.25) is 0 Å². The Balaban J connectivity index is 1.85. The van der Waals surface area contributed by atoms with E-state index in [1.807, 2.05) is 23.5 Å². The molecule has 0 fully saturated rings. The Labute approximate surface area is 152 Å². The topological polar surface area (TPSA) is 42.2 Å². The van der Waals surface area contributed by atoms with E-state index in [0.29, 0.717) is 5.92 Å². The number of hydrogen-bond donors (Lipinski definition) is 0. The predicted molar refractivity (Wildman–Crippen MR) is 104 cm³/mol. The van der Waals surface area contributed by atoms with Gasteiger partial charge in [-0.05, 0) is 49.8 Å². The van der Waals surface area contributed by atoms with Crippen LogP contribution in [0.3, 0.4) is 0 Å². The molecule has 3 aromatic rings. The Morgan fingerprint density at radius 3 is 2.88 bits per heavy atom. The second-order valence-corrected chi connectivity index (χ2v) is 8.12. The van der Waals surface area contributed by atoms with Crippen LogP contribution in [-0.4, -0.2) is 17.0 Å². The summed E-state index contributed by atoms with van der Waals surface area (Å²) in [5.41, 5.74) is 1.49. The molecule has 0 saturated heterocycles. The average Bonchev–Trinajstić information content (AvgIpc) is 3.27. The highest BCUT2D eigenvalue weighted by molar-refractivity contribution is 7.19. The summed E-state index contributed by atoms with van der Waals surface area (Å²) >= 11 is 1.88. The Bertz CT molecular complexity index is 869. The largest absolute Gasteiger partial charge is 0.467 e. The molecule has 1 aliphatic carbocycles. The first kappa shape index (κ1) is 16.6. The van der Waals surface area contributed by atoms with Gasteiger partial charge < -0.3 is 9.32 Å². The molecule has 1 atom stereocenters. The second-order valence-electron chi connectivity index (χ2n) is 7.04. The van der Waals surface area contributed by atoms with Gasteiger partial charge >= 0.3 is 0 Å². The summed E-state index contributed by atoms with van der Waals surface area (Å²) in [4.78, 5) is 14.9. The fraction of sp³-hybridized carbons (Fsp3) is 0.500. The molecule has 0 saturated carbocycles. The zero-order valence-electron chi connectivity index (χ0n) is 15.2. The van der Waals surface area contributed by atoms with Gasteiger partial charge in [-0.2, -0.15) is 0 Å². The summed E-state index contributed by atoms with van der Waals surface area (Å²) in [6.07, 6.45) is 7.70. The number of aryl methyl sites for hydroxylation is 2. The standard InChI is InChI=1S/C20H25N3OS/c1-4-13(2)18-21-19(23(3)12-14-8-7-11-24-14)17-15-9-5-6-10-16(15)25-20(17)22-18/h7-8,11,13H,4-6,9-10,12H2,1-3H3. The quantitative estimate of drug-likeness (QED) is 0.622. The van der Waals surface area contributed by atoms with Crippen molar-refractivity contribution in [2.24, 2.45) is 0 Å². The van der Waals surface area contributed by atoms with E-state index >= 15 is 0 Å². The van der Waals surface area contributed by atoms with Crippen LogP contribution in [-0.2, 0) is 19.4 Å². The Hall–Kier alpha value is -1.88. The maximum Gasteiger partial charge on any atom is 0.141 e. The lowest BCUT2D eigenvalue weighted by atomic mass is 9.96. The number of aromatic nitrogens is 2. The fourth-order valence-corrected chi connectivity index (χ4v) is 4.81. The number of nitrogens with zero attached hydrogens (tertiary/aromatic N) is 3. The number of furan rings is 1. The lowest BCUT2D eigenvalue weighted by Gasteiger charge is -2.21. The van der Waals surface area contributed by atoms with Gasteiger partial charge in [-0.15, -0.1) is 11.3 Å². The number of rotatable bonds is 5. The minimum absolute atomic E-state index is 0.374. The lowest BCUT2D eigenvalue weighted by molar-refractivity contribution is 0.507. The van der Waals surface area contributed by atoms with Crippen molar-refractivity contribution in [2.75, 3.05) is 11.9 Å².